The molecule has 1 aromatic carbocycles. The van der Waals surface area contributed by atoms with E-state index < -0.39 is 12.0 Å². The van der Waals surface area contributed by atoms with Crippen LogP contribution in [-0.2, 0) is 4.79 Å². The van der Waals surface area contributed by atoms with Crippen LogP contribution < -0.4 is 5.32 Å². The Morgan fingerprint density at radius 1 is 1.53 bits per heavy atom. The summed E-state index contributed by atoms with van der Waals surface area (Å²) in [6.07, 6.45) is 3.66. The van der Waals surface area contributed by atoms with Gasteiger partial charge in [0.1, 0.15) is 6.04 Å². The molecular formula is C15H20BrNO2. The number of nitrogens with one attached hydrogen (secondary N) is 1. The Balaban J connectivity index is 1.84. The first-order chi connectivity index (χ1) is 9.10. The standard InChI is InChI=1S/C15H20BrNO2/c1-2-4-14(15(18)19)17-13-8-11(9-13)10-5-3-6-12(16)7-10/h3,5-7,11,13-14,17H,2,4,8-9H2,1H3,(H,18,19). The molecule has 1 atom stereocenters. The van der Waals surface area contributed by atoms with Crippen molar-refractivity contribution >= 4 is 21.9 Å². The Morgan fingerprint density at radius 2 is 2.26 bits per heavy atom. The van der Waals surface area contributed by atoms with E-state index in [0.29, 0.717) is 18.4 Å². The van der Waals surface area contributed by atoms with Gasteiger partial charge in [-0.15, -0.1) is 0 Å². The molecule has 2 rings (SSSR count). The van der Waals surface area contributed by atoms with Crippen molar-refractivity contribution in [1.29, 1.82) is 0 Å². The third kappa shape index (κ3) is 3.80. The van der Waals surface area contributed by atoms with Gasteiger partial charge in [-0.2, -0.15) is 0 Å². The van der Waals surface area contributed by atoms with Crippen molar-refractivity contribution in [1.82, 2.24) is 5.32 Å². The van der Waals surface area contributed by atoms with E-state index in [9.17, 15) is 4.79 Å². The summed E-state index contributed by atoms with van der Waals surface area (Å²) in [5.41, 5.74) is 1.34. The summed E-state index contributed by atoms with van der Waals surface area (Å²) in [7, 11) is 0. The maximum atomic E-state index is 11.1. The molecule has 0 bridgehead atoms. The Labute approximate surface area is 122 Å². The number of carboxylic acids is 1. The molecule has 0 radical (unpaired) electrons. The van der Waals surface area contributed by atoms with Gasteiger partial charge in [-0.1, -0.05) is 41.4 Å². The average molecular weight is 326 g/mol. The summed E-state index contributed by atoms with van der Waals surface area (Å²) in [5.74, 6) is -0.168. The van der Waals surface area contributed by atoms with Crippen molar-refractivity contribution in [2.24, 2.45) is 0 Å². The average Bonchev–Trinajstić information content (AvgIpc) is 2.31. The highest BCUT2D eigenvalue weighted by molar-refractivity contribution is 9.10. The minimum Gasteiger partial charge on any atom is -0.480 e. The van der Waals surface area contributed by atoms with E-state index in [1.807, 2.05) is 13.0 Å². The lowest BCUT2D eigenvalue weighted by molar-refractivity contribution is -0.140. The molecule has 0 spiro atoms. The quantitative estimate of drug-likeness (QED) is 0.841. The summed E-state index contributed by atoms with van der Waals surface area (Å²) < 4.78 is 1.11. The lowest BCUT2D eigenvalue weighted by Crippen LogP contribution is -2.48. The van der Waals surface area contributed by atoms with E-state index in [1.165, 1.54) is 5.56 Å². The van der Waals surface area contributed by atoms with Gasteiger partial charge in [0.15, 0.2) is 0 Å². The number of aliphatic carboxylic acids is 1. The van der Waals surface area contributed by atoms with Gasteiger partial charge in [0.05, 0.1) is 0 Å². The summed E-state index contributed by atoms with van der Waals surface area (Å²) >= 11 is 3.49. The summed E-state index contributed by atoms with van der Waals surface area (Å²) in [6.45, 7) is 2.02. The van der Waals surface area contributed by atoms with Crippen molar-refractivity contribution in [3.05, 3.63) is 34.3 Å². The SMILES string of the molecule is CCCC(NC1CC(c2cccc(Br)c2)C1)C(=O)O. The van der Waals surface area contributed by atoms with Crippen molar-refractivity contribution in [3.8, 4) is 0 Å². The molecular weight excluding hydrogens is 306 g/mol. The third-order valence-corrected chi connectivity index (χ3v) is 4.26. The van der Waals surface area contributed by atoms with Gasteiger partial charge in [-0.05, 0) is 42.9 Å². The number of hydrogen-bond donors (Lipinski definition) is 2. The molecule has 0 amide bonds. The second kappa shape index (κ2) is 6.53. The van der Waals surface area contributed by atoms with E-state index in [4.69, 9.17) is 5.11 Å². The van der Waals surface area contributed by atoms with Crippen LogP contribution in [0.3, 0.4) is 0 Å². The maximum Gasteiger partial charge on any atom is 0.320 e. The zero-order valence-electron chi connectivity index (χ0n) is 11.1. The Bertz CT molecular complexity index is 444. The van der Waals surface area contributed by atoms with Gasteiger partial charge >= 0.3 is 5.97 Å². The molecule has 1 unspecified atom stereocenters. The molecule has 1 saturated carbocycles. The predicted octanol–water partition coefficient (Wildman–Crippen LogP) is 3.54. The molecule has 104 valence electrons. The van der Waals surface area contributed by atoms with Gasteiger partial charge < -0.3 is 10.4 Å². The van der Waals surface area contributed by atoms with Gasteiger partial charge in [0.2, 0.25) is 0 Å². The molecule has 1 fully saturated rings. The van der Waals surface area contributed by atoms with Crippen molar-refractivity contribution in [2.45, 2.75) is 50.6 Å². The first-order valence-corrected chi connectivity index (χ1v) is 7.63. The minimum atomic E-state index is -0.729. The zero-order valence-corrected chi connectivity index (χ0v) is 12.7. The van der Waals surface area contributed by atoms with Gasteiger partial charge in [-0.25, -0.2) is 0 Å². The van der Waals surface area contributed by atoms with Crippen LogP contribution in [0.5, 0.6) is 0 Å². The number of rotatable bonds is 6. The maximum absolute atomic E-state index is 11.1. The number of halogens is 1. The topological polar surface area (TPSA) is 49.3 Å². The Hall–Kier alpha value is -0.870. The van der Waals surface area contributed by atoms with E-state index in [0.717, 1.165) is 23.7 Å². The molecule has 0 aliphatic heterocycles. The van der Waals surface area contributed by atoms with Crippen LogP contribution in [0.15, 0.2) is 28.7 Å². The summed E-state index contributed by atoms with van der Waals surface area (Å²) in [4.78, 5) is 11.1. The highest BCUT2D eigenvalue weighted by atomic mass is 79.9. The molecule has 2 N–H and O–H groups in total. The van der Waals surface area contributed by atoms with Gasteiger partial charge in [-0.3, -0.25) is 4.79 Å². The molecule has 4 heteroatoms. The van der Waals surface area contributed by atoms with Gasteiger partial charge in [0.25, 0.3) is 0 Å². The highest BCUT2D eigenvalue weighted by Gasteiger charge is 2.33. The third-order valence-electron chi connectivity index (χ3n) is 3.77. The molecule has 19 heavy (non-hydrogen) atoms. The van der Waals surface area contributed by atoms with Crippen molar-refractivity contribution < 1.29 is 9.90 Å². The van der Waals surface area contributed by atoms with Crippen LogP contribution >= 0.6 is 15.9 Å². The zero-order chi connectivity index (χ0) is 13.8. The van der Waals surface area contributed by atoms with Crippen molar-refractivity contribution in [3.63, 3.8) is 0 Å². The lowest BCUT2D eigenvalue weighted by atomic mass is 9.75. The minimum absolute atomic E-state index is 0.344. The molecule has 3 nitrogen and oxygen atoms in total. The molecule has 0 aromatic heterocycles. The number of carbonyl (C=O) groups is 1. The number of carboxylic acid groups (broad SMARTS) is 1. The molecule has 0 saturated heterocycles. The Kier molecular flexibility index (Phi) is 4.99. The van der Waals surface area contributed by atoms with Crippen LogP contribution in [0.25, 0.3) is 0 Å². The Morgan fingerprint density at radius 3 is 2.84 bits per heavy atom. The smallest absolute Gasteiger partial charge is 0.320 e. The van der Waals surface area contributed by atoms with Crippen LogP contribution in [0.1, 0.15) is 44.1 Å². The van der Waals surface area contributed by atoms with E-state index in [2.05, 4.69) is 39.4 Å². The molecule has 1 aromatic rings. The van der Waals surface area contributed by atoms with Crippen LogP contribution in [0.2, 0.25) is 0 Å². The predicted molar refractivity (Wildman–Crippen MR) is 79.4 cm³/mol. The highest BCUT2D eigenvalue weighted by Crippen LogP contribution is 2.37. The van der Waals surface area contributed by atoms with Crippen molar-refractivity contribution in [2.75, 3.05) is 0 Å². The molecule has 0 heterocycles. The monoisotopic (exact) mass is 325 g/mol. The second-order valence-corrected chi connectivity index (χ2v) is 6.18. The fourth-order valence-electron chi connectivity index (χ4n) is 2.64. The van der Waals surface area contributed by atoms with E-state index >= 15 is 0 Å². The fraction of sp³-hybridized carbons (Fsp3) is 0.533. The van der Waals surface area contributed by atoms with E-state index in [1.54, 1.807) is 0 Å². The summed E-state index contributed by atoms with van der Waals surface area (Å²) in [6, 6.07) is 8.33. The molecule has 1 aliphatic carbocycles. The second-order valence-electron chi connectivity index (χ2n) is 5.27. The summed E-state index contributed by atoms with van der Waals surface area (Å²) in [5, 5.41) is 12.4. The largest absolute Gasteiger partial charge is 0.480 e. The van der Waals surface area contributed by atoms with Gasteiger partial charge in [0, 0.05) is 10.5 Å². The first kappa shape index (κ1) is 14.5. The van der Waals surface area contributed by atoms with Crippen LogP contribution in [-0.4, -0.2) is 23.2 Å². The lowest BCUT2D eigenvalue weighted by Gasteiger charge is -2.38. The first-order valence-electron chi connectivity index (χ1n) is 6.84. The van der Waals surface area contributed by atoms with Crippen LogP contribution in [0, 0.1) is 0 Å². The molecule has 1 aliphatic rings. The normalized spacial score (nSPS) is 23.7. The number of benzene rings is 1. The van der Waals surface area contributed by atoms with Crippen LogP contribution in [0.4, 0.5) is 0 Å². The van der Waals surface area contributed by atoms with E-state index in [-0.39, 0.29) is 0 Å². The number of hydrogen-bond acceptors (Lipinski definition) is 2. The fourth-order valence-corrected chi connectivity index (χ4v) is 3.05.